The van der Waals surface area contributed by atoms with Crippen LogP contribution in [-0.2, 0) is 17.8 Å². The molecule has 0 fully saturated rings. The van der Waals surface area contributed by atoms with Crippen LogP contribution in [0.4, 0.5) is 0 Å². The molecule has 2 heterocycles. The zero-order chi connectivity index (χ0) is 21.1. The molecule has 29 heavy (non-hydrogen) atoms. The molecular formula is C21H25N3O5. The molecule has 0 N–H and O–H groups in total. The van der Waals surface area contributed by atoms with Crippen LogP contribution in [-0.4, -0.2) is 33.6 Å². The van der Waals surface area contributed by atoms with E-state index in [-0.39, 0.29) is 18.1 Å². The lowest BCUT2D eigenvalue weighted by Gasteiger charge is -2.23. The third-order valence-corrected chi connectivity index (χ3v) is 4.93. The molecule has 1 amide bonds. The highest BCUT2D eigenvalue weighted by molar-refractivity contribution is 5.83. The lowest BCUT2D eigenvalue weighted by molar-refractivity contribution is -0.138. The molecule has 8 heteroatoms. The number of fused-ring (bicyclic) bond motifs is 1. The number of ether oxygens (including phenoxy) is 1. The van der Waals surface area contributed by atoms with Crippen molar-refractivity contribution < 1.29 is 18.5 Å². The van der Waals surface area contributed by atoms with Crippen molar-refractivity contribution >= 4 is 16.9 Å². The van der Waals surface area contributed by atoms with Gasteiger partial charge in [0.2, 0.25) is 5.89 Å². The van der Waals surface area contributed by atoms with Gasteiger partial charge in [-0.3, -0.25) is 4.79 Å². The van der Waals surface area contributed by atoms with E-state index in [2.05, 4.69) is 10.1 Å². The van der Waals surface area contributed by atoms with Gasteiger partial charge in [-0.2, -0.15) is 4.98 Å². The molecular weight excluding hydrogens is 374 g/mol. The predicted molar refractivity (Wildman–Crippen MR) is 107 cm³/mol. The molecule has 0 saturated heterocycles. The van der Waals surface area contributed by atoms with Crippen LogP contribution in [0, 0.1) is 13.8 Å². The number of amides is 1. The zero-order valence-corrected chi connectivity index (χ0v) is 17.3. The topological polar surface area (TPSA) is 98.7 Å². The molecule has 3 aromatic rings. The van der Waals surface area contributed by atoms with E-state index in [1.807, 2.05) is 26.8 Å². The van der Waals surface area contributed by atoms with Crippen molar-refractivity contribution in [3.63, 3.8) is 0 Å². The van der Waals surface area contributed by atoms with Crippen molar-refractivity contribution in [2.45, 2.75) is 53.7 Å². The highest BCUT2D eigenvalue weighted by atomic mass is 16.5. The number of nitrogens with zero attached hydrogens (tertiary/aromatic N) is 3. The van der Waals surface area contributed by atoms with E-state index in [1.54, 1.807) is 30.9 Å². The van der Waals surface area contributed by atoms with Gasteiger partial charge in [0.1, 0.15) is 17.9 Å². The summed E-state index contributed by atoms with van der Waals surface area (Å²) in [4.78, 5) is 30.6. The molecule has 8 nitrogen and oxygen atoms in total. The van der Waals surface area contributed by atoms with Crippen molar-refractivity contribution in [2.24, 2.45) is 0 Å². The monoisotopic (exact) mass is 399 g/mol. The first-order valence-corrected chi connectivity index (χ1v) is 9.65. The van der Waals surface area contributed by atoms with E-state index in [4.69, 9.17) is 13.7 Å². The normalized spacial score (nSPS) is 12.2. The summed E-state index contributed by atoms with van der Waals surface area (Å²) in [5.41, 5.74) is 1.51. The van der Waals surface area contributed by atoms with Gasteiger partial charge in [0, 0.05) is 30.0 Å². The van der Waals surface area contributed by atoms with Gasteiger partial charge in [0.25, 0.3) is 5.91 Å². The number of likely N-dealkylation sites (N-methyl/N-ethyl adjacent to an activating group) is 1. The molecule has 0 radical (unpaired) electrons. The van der Waals surface area contributed by atoms with Gasteiger partial charge in [0.15, 0.2) is 11.9 Å². The van der Waals surface area contributed by atoms with Gasteiger partial charge in [-0.25, -0.2) is 4.79 Å². The summed E-state index contributed by atoms with van der Waals surface area (Å²) >= 11 is 0. The van der Waals surface area contributed by atoms with Crippen LogP contribution < -0.4 is 10.4 Å². The number of carbonyl (C=O) groups is 1. The third-order valence-electron chi connectivity index (χ3n) is 4.93. The Hall–Kier alpha value is -3.16. The lowest BCUT2D eigenvalue weighted by Crippen LogP contribution is -2.40. The highest BCUT2D eigenvalue weighted by Crippen LogP contribution is 2.24. The number of aromatic nitrogens is 2. The molecule has 0 spiro atoms. The van der Waals surface area contributed by atoms with Gasteiger partial charge in [0.05, 0.1) is 0 Å². The summed E-state index contributed by atoms with van der Waals surface area (Å²) in [5, 5.41) is 4.69. The molecule has 1 aromatic carbocycles. The zero-order valence-electron chi connectivity index (χ0n) is 17.3. The fourth-order valence-electron chi connectivity index (χ4n) is 3.02. The van der Waals surface area contributed by atoms with E-state index in [0.29, 0.717) is 41.6 Å². The SMILES string of the molecule is CCc1noc(CN(CC)C(=O)C(C)Oc2ccc3c(C)c(C)c(=O)oc3c2)n1. The minimum atomic E-state index is -0.737. The first-order valence-electron chi connectivity index (χ1n) is 9.65. The number of hydrogen-bond acceptors (Lipinski definition) is 7. The van der Waals surface area contributed by atoms with Crippen LogP contribution in [0.3, 0.4) is 0 Å². The highest BCUT2D eigenvalue weighted by Gasteiger charge is 2.23. The molecule has 2 aromatic heterocycles. The van der Waals surface area contributed by atoms with E-state index in [1.165, 1.54) is 0 Å². The van der Waals surface area contributed by atoms with Gasteiger partial charge in [-0.15, -0.1) is 0 Å². The fourth-order valence-corrected chi connectivity index (χ4v) is 3.02. The molecule has 0 bridgehead atoms. The summed E-state index contributed by atoms with van der Waals surface area (Å²) in [6.07, 6.45) is -0.0700. The Morgan fingerprint density at radius 1 is 1.24 bits per heavy atom. The Balaban J connectivity index is 1.75. The van der Waals surface area contributed by atoms with Crippen LogP contribution in [0.2, 0.25) is 0 Å². The molecule has 1 atom stereocenters. The Kier molecular flexibility index (Phi) is 6.00. The standard InChI is InChI=1S/C21H25N3O5/c1-6-18-22-19(29-23-18)11-24(7-2)20(25)14(5)27-15-8-9-16-12(3)13(4)21(26)28-17(16)10-15/h8-10,14H,6-7,11H2,1-5H3. The average molecular weight is 399 g/mol. The van der Waals surface area contributed by atoms with E-state index >= 15 is 0 Å². The van der Waals surface area contributed by atoms with Crippen LogP contribution in [0.5, 0.6) is 5.75 Å². The minimum absolute atomic E-state index is 0.203. The van der Waals surface area contributed by atoms with Gasteiger partial charge in [-0.1, -0.05) is 12.1 Å². The molecule has 0 aliphatic heterocycles. The summed E-state index contributed by atoms with van der Waals surface area (Å²) in [5.74, 6) is 1.25. The van der Waals surface area contributed by atoms with Crippen LogP contribution >= 0.6 is 0 Å². The second-order valence-corrected chi connectivity index (χ2v) is 6.87. The predicted octanol–water partition coefficient (Wildman–Crippen LogP) is 3.17. The van der Waals surface area contributed by atoms with E-state index < -0.39 is 6.10 Å². The summed E-state index contributed by atoms with van der Waals surface area (Å²) < 4.78 is 16.4. The van der Waals surface area contributed by atoms with Gasteiger partial charge in [-0.05, 0) is 45.4 Å². The van der Waals surface area contributed by atoms with Crippen LogP contribution in [0.25, 0.3) is 11.0 Å². The molecule has 0 aliphatic rings. The van der Waals surface area contributed by atoms with E-state index in [9.17, 15) is 9.59 Å². The number of benzene rings is 1. The largest absolute Gasteiger partial charge is 0.481 e. The van der Waals surface area contributed by atoms with Crippen molar-refractivity contribution in [3.8, 4) is 5.75 Å². The number of aryl methyl sites for hydroxylation is 2. The maximum Gasteiger partial charge on any atom is 0.339 e. The Morgan fingerprint density at radius 3 is 2.66 bits per heavy atom. The van der Waals surface area contributed by atoms with E-state index in [0.717, 1.165) is 10.9 Å². The number of rotatable bonds is 7. The second-order valence-electron chi connectivity index (χ2n) is 6.87. The van der Waals surface area contributed by atoms with Crippen molar-refractivity contribution in [1.29, 1.82) is 0 Å². The maximum absolute atomic E-state index is 12.8. The third kappa shape index (κ3) is 4.31. The smallest absolute Gasteiger partial charge is 0.339 e. The first-order chi connectivity index (χ1) is 13.8. The van der Waals surface area contributed by atoms with Crippen molar-refractivity contribution in [2.75, 3.05) is 6.54 Å². The van der Waals surface area contributed by atoms with Crippen LogP contribution in [0.1, 0.15) is 43.6 Å². The average Bonchev–Trinajstić information content (AvgIpc) is 3.17. The fraction of sp³-hybridized carbons (Fsp3) is 0.429. The van der Waals surface area contributed by atoms with Crippen molar-refractivity contribution in [1.82, 2.24) is 15.0 Å². The first kappa shape index (κ1) is 20.6. The van der Waals surface area contributed by atoms with Crippen molar-refractivity contribution in [3.05, 3.63) is 51.5 Å². The van der Waals surface area contributed by atoms with Gasteiger partial charge < -0.3 is 18.6 Å². The summed E-state index contributed by atoms with van der Waals surface area (Å²) in [6.45, 7) is 9.79. The molecule has 0 saturated carbocycles. The Labute approximate surface area is 168 Å². The molecule has 3 rings (SSSR count). The second kappa shape index (κ2) is 8.46. The Bertz CT molecular complexity index is 1090. The maximum atomic E-state index is 12.8. The number of carbonyl (C=O) groups excluding carboxylic acids is 1. The van der Waals surface area contributed by atoms with Crippen LogP contribution in [0.15, 0.2) is 31.9 Å². The minimum Gasteiger partial charge on any atom is -0.481 e. The number of hydrogen-bond donors (Lipinski definition) is 0. The Morgan fingerprint density at radius 2 is 2.00 bits per heavy atom. The lowest BCUT2D eigenvalue weighted by atomic mass is 10.1. The summed E-state index contributed by atoms with van der Waals surface area (Å²) in [6, 6.07) is 5.23. The molecule has 154 valence electrons. The summed E-state index contributed by atoms with van der Waals surface area (Å²) in [7, 11) is 0. The molecule has 0 aliphatic carbocycles. The quantitative estimate of drug-likeness (QED) is 0.563. The van der Waals surface area contributed by atoms with Gasteiger partial charge >= 0.3 is 5.63 Å². The molecule has 1 unspecified atom stereocenters.